The summed E-state index contributed by atoms with van der Waals surface area (Å²) in [7, 11) is 2.07. The highest BCUT2D eigenvalue weighted by Crippen LogP contribution is 2.38. The second-order valence-corrected chi connectivity index (χ2v) is 12.5. The Balaban J connectivity index is 0.000000307. The molecule has 0 amide bonds. The van der Waals surface area contributed by atoms with Gasteiger partial charge in [-0.2, -0.15) is 36.3 Å². The number of pyridine rings is 1. The van der Waals surface area contributed by atoms with E-state index in [2.05, 4.69) is 32.1 Å². The highest BCUT2D eigenvalue weighted by Gasteiger charge is 2.39. The first-order valence-electron chi connectivity index (χ1n) is 15.4. The van der Waals surface area contributed by atoms with Crippen LogP contribution in [0.1, 0.15) is 19.3 Å². The molecule has 3 aliphatic rings. The van der Waals surface area contributed by atoms with E-state index >= 15 is 4.39 Å². The van der Waals surface area contributed by atoms with Crippen molar-refractivity contribution in [2.75, 3.05) is 38.1 Å². The van der Waals surface area contributed by atoms with Crippen LogP contribution < -0.4 is 15.0 Å². The number of ether oxygens (including phenoxy) is 1. The Morgan fingerprint density at radius 3 is 2.06 bits per heavy atom. The number of likely N-dealkylation sites (N-methyl/N-ethyl adjacent to an activating group) is 1. The van der Waals surface area contributed by atoms with Gasteiger partial charge in [0.2, 0.25) is 0 Å². The van der Waals surface area contributed by atoms with Crippen molar-refractivity contribution in [3.05, 3.63) is 53.4 Å². The number of carboxylic acids is 2. The summed E-state index contributed by atoms with van der Waals surface area (Å²) in [5, 5.41) is 20.8. The summed E-state index contributed by atoms with van der Waals surface area (Å²) in [6.45, 7) is 3.39. The monoisotopic (exact) mass is 746 g/mol. The Morgan fingerprint density at radius 1 is 0.922 bits per heavy atom. The molecule has 0 saturated carbocycles. The SMILES string of the molecule is CN1CC[C@H](Oc2nc(N3C[C@H]4CC[C@@H](C3)N4)c3cnc(-c4cccc5cccc(Cl)c45)c(F)c3n2)C1.O=C(O)C(F)(F)F.O=C(O)C(F)(F)F. The average molecular weight is 747 g/mol. The Labute approximate surface area is 290 Å². The van der Waals surface area contributed by atoms with Crippen LogP contribution in [0.4, 0.5) is 36.6 Å². The number of nitrogens with one attached hydrogen (secondary N) is 1. The van der Waals surface area contributed by atoms with Gasteiger partial charge in [0.15, 0.2) is 5.82 Å². The van der Waals surface area contributed by atoms with E-state index in [1.165, 1.54) is 0 Å². The fourth-order valence-electron chi connectivity index (χ4n) is 6.11. The molecule has 0 unspecified atom stereocenters. The van der Waals surface area contributed by atoms with Gasteiger partial charge in [-0.05, 0) is 37.8 Å². The summed E-state index contributed by atoms with van der Waals surface area (Å²) in [6.07, 6.45) is -5.31. The molecule has 7 rings (SSSR count). The number of fused-ring (bicyclic) bond motifs is 4. The third-order valence-corrected chi connectivity index (χ3v) is 8.69. The van der Waals surface area contributed by atoms with Crippen molar-refractivity contribution < 1.29 is 55.3 Å². The van der Waals surface area contributed by atoms with Crippen LogP contribution in [0.25, 0.3) is 32.9 Å². The number of halogens is 8. The highest BCUT2D eigenvalue weighted by atomic mass is 35.5. The van der Waals surface area contributed by atoms with Crippen LogP contribution >= 0.6 is 11.6 Å². The van der Waals surface area contributed by atoms with E-state index in [4.69, 9.17) is 41.1 Å². The normalized spacial score (nSPS) is 20.4. The maximum absolute atomic E-state index is 16.4. The molecule has 3 N–H and O–H groups in total. The number of hydrogen-bond donors (Lipinski definition) is 3. The lowest BCUT2D eigenvalue weighted by atomic mass is 10.0. The number of alkyl halides is 6. The first-order valence-corrected chi connectivity index (χ1v) is 15.8. The van der Waals surface area contributed by atoms with E-state index in [1.54, 1.807) is 6.20 Å². The lowest BCUT2D eigenvalue weighted by Gasteiger charge is -2.34. The zero-order chi connectivity index (χ0) is 37.2. The molecule has 0 spiro atoms. The summed E-state index contributed by atoms with van der Waals surface area (Å²) >= 11 is 6.56. The number of likely N-dealkylation sites (tertiary alicyclic amines) is 1. The zero-order valence-corrected chi connectivity index (χ0v) is 27.4. The highest BCUT2D eigenvalue weighted by molar-refractivity contribution is 6.36. The molecule has 4 aromatic rings. The van der Waals surface area contributed by atoms with Gasteiger partial charge in [-0.15, -0.1) is 0 Å². The number of benzene rings is 2. The molecule has 2 aromatic carbocycles. The molecule has 2 bridgehead atoms. The fourth-order valence-corrected chi connectivity index (χ4v) is 6.39. The van der Waals surface area contributed by atoms with E-state index in [0.29, 0.717) is 33.9 Å². The molecular formula is C32H30ClF7N6O5. The van der Waals surface area contributed by atoms with E-state index in [1.807, 2.05) is 36.4 Å². The van der Waals surface area contributed by atoms with E-state index in [0.717, 1.165) is 56.2 Å². The number of aromatic nitrogens is 3. The molecular weight excluding hydrogens is 717 g/mol. The van der Waals surface area contributed by atoms with Crippen LogP contribution in [0, 0.1) is 5.82 Å². The number of nitrogens with zero attached hydrogens (tertiary/aromatic N) is 5. The molecule has 51 heavy (non-hydrogen) atoms. The summed E-state index contributed by atoms with van der Waals surface area (Å²) in [5.41, 5.74) is 1.09. The lowest BCUT2D eigenvalue weighted by molar-refractivity contribution is -0.193. The molecule has 3 aliphatic heterocycles. The number of aliphatic carboxylic acids is 2. The molecule has 19 heteroatoms. The van der Waals surface area contributed by atoms with Gasteiger partial charge < -0.3 is 30.1 Å². The van der Waals surface area contributed by atoms with Crippen molar-refractivity contribution in [2.24, 2.45) is 0 Å². The van der Waals surface area contributed by atoms with Crippen molar-refractivity contribution in [2.45, 2.75) is 49.8 Å². The van der Waals surface area contributed by atoms with Gasteiger partial charge in [0, 0.05) is 60.4 Å². The first kappa shape index (κ1) is 37.7. The van der Waals surface area contributed by atoms with Crippen LogP contribution in [0.2, 0.25) is 5.02 Å². The second-order valence-electron chi connectivity index (χ2n) is 12.1. The zero-order valence-electron chi connectivity index (χ0n) is 26.6. The smallest absolute Gasteiger partial charge is 0.475 e. The summed E-state index contributed by atoms with van der Waals surface area (Å²) < 4.78 is 86.1. The van der Waals surface area contributed by atoms with Crippen molar-refractivity contribution >= 4 is 51.0 Å². The van der Waals surface area contributed by atoms with Gasteiger partial charge in [0.05, 0.1) is 5.39 Å². The van der Waals surface area contributed by atoms with Crippen molar-refractivity contribution in [3.63, 3.8) is 0 Å². The first-order chi connectivity index (χ1) is 23.9. The third-order valence-electron chi connectivity index (χ3n) is 8.37. The maximum Gasteiger partial charge on any atom is 0.490 e. The standard InChI is InChI=1S/C28H28ClFN6O.2C2HF3O2/c1-35-11-10-19(15-35)37-28-33-26-21(27(34-28)36-13-17-8-9-18(14-36)32-17)12-31-25(24(26)30)20-6-2-4-16-5-3-7-22(29)23(16)20;2*3-2(4,5)1(6)7/h2-7,12,17-19,32H,8-11,13-15H2,1H3;2*(H,6,7)/t17-,18+,19-;;/m0../s1. The summed E-state index contributed by atoms with van der Waals surface area (Å²) in [4.78, 5) is 36.3. The molecule has 3 fully saturated rings. The number of rotatable bonds is 4. The summed E-state index contributed by atoms with van der Waals surface area (Å²) in [6, 6.07) is 12.4. The Hall–Kier alpha value is -4.55. The van der Waals surface area contributed by atoms with Crippen molar-refractivity contribution in [3.8, 4) is 17.3 Å². The van der Waals surface area contributed by atoms with E-state index in [9.17, 15) is 26.3 Å². The predicted molar refractivity (Wildman–Crippen MR) is 171 cm³/mol. The Morgan fingerprint density at radius 2 is 1.51 bits per heavy atom. The predicted octanol–water partition coefficient (Wildman–Crippen LogP) is 5.93. The molecule has 11 nitrogen and oxygen atoms in total. The quantitative estimate of drug-likeness (QED) is 0.214. The molecule has 2 aromatic heterocycles. The van der Waals surface area contributed by atoms with Gasteiger partial charge in [-0.25, -0.2) is 14.0 Å². The van der Waals surface area contributed by atoms with Gasteiger partial charge in [0.25, 0.3) is 0 Å². The topological polar surface area (TPSA) is 141 Å². The minimum atomic E-state index is -5.08. The largest absolute Gasteiger partial charge is 0.490 e. The number of carboxylic acid groups (broad SMARTS) is 2. The second kappa shape index (κ2) is 15.0. The summed E-state index contributed by atoms with van der Waals surface area (Å²) in [5.74, 6) is -5.31. The van der Waals surface area contributed by atoms with Crippen LogP contribution in [-0.2, 0) is 9.59 Å². The minimum absolute atomic E-state index is 0.0178. The Bertz CT molecular complexity index is 1890. The number of piperazine rings is 1. The molecule has 3 atom stereocenters. The van der Waals surface area contributed by atoms with Crippen LogP contribution in [0.3, 0.4) is 0 Å². The van der Waals surface area contributed by atoms with Crippen LogP contribution in [-0.4, -0.2) is 106 Å². The maximum atomic E-state index is 16.4. The molecule has 5 heterocycles. The van der Waals surface area contributed by atoms with E-state index in [-0.39, 0.29) is 23.3 Å². The average Bonchev–Trinajstić information content (AvgIpc) is 3.63. The van der Waals surface area contributed by atoms with Crippen molar-refractivity contribution in [1.82, 2.24) is 25.2 Å². The molecule has 0 aliphatic carbocycles. The fraction of sp³-hybridized carbons (Fsp3) is 0.406. The third kappa shape index (κ3) is 8.85. The number of anilines is 1. The Kier molecular flexibility index (Phi) is 11.1. The van der Waals surface area contributed by atoms with Gasteiger partial charge in [-0.3, -0.25) is 4.98 Å². The van der Waals surface area contributed by atoms with E-state index < -0.39 is 30.1 Å². The van der Waals surface area contributed by atoms with Gasteiger partial charge in [-0.1, -0.05) is 41.9 Å². The van der Waals surface area contributed by atoms with Crippen LogP contribution in [0.5, 0.6) is 6.01 Å². The van der Waals surface area contributed by atoms with Gasteiger partial charge in [0.1, 0.15) is 23.1 Å². The minimum Gasteiger partial charge on any atom is -0.475 e. The van der Waals surface area contributed by atoms with Crippen LogP contribution in [0.15, 0.2) is 42.6 Å². The number of hydrogen-bond acceptors (Lipinski definition) is 9. The molecule has 274 valence electrons. The molecule has 3 saturated heterocycles. The number of carbonyl (C=O) groups is 2. The molecule has 0 radical (unpaired) electrons. The van der Waals surface area contributed by atoms with Crippen molar-refractivity contribution in [1.29, 1.82) is 0 Å². The van der Waals surface area contributed by atoms with Gasteiger partial charge >= 0.3 is 30.3 Å². The lowest BCUT2D eigenvalue weighted by Crippen LogP contribution is -2.51.